The average molecular weight is 350 g/mol. The van der Waals surface area contributed by atoms with Crippen molar-refractivity contribution in [2.24, 2.45) is 0 Å². The Morgan fingerprint density at radius 2 is 2.10 bits per heavy atom. The summed E-state index contributed by atoms with van der Waals surface area (Å²) >= 11 is 3.42. The van der Waals surface area contributed by atoms with Crippen molar-refractivity contribution in [1.29, 1.82) is 0 Å². The van der Waals surface area contributed by atoms with Crippen LogP contribution in [0.5, 0.6) is 0 Å². The van der Waals surface area contributed by atoms with Crippen LogP contribution < -0.4 is 10.9 Å². The Labute approximate surface area is 131 Å². The van der Waals surface area contributed by atoms with Gasteiger partial charge < -0.3 is 5.32 Å². The predicted molar refractivity (Wildman–Crippen MR) is 85.6 cm³/mol. The lowest BCUT2D eigenvalue weighted by Gasteiger charge is -2.08. The van der Waals surface area contributed by atoms with Gasteiger partial charge in [0.2, 0.25) is 0 Å². The maximum absolute atomic E-state index is 12.2. The molecule has 1 N–H and O–H groups in total. The zero-order valence-electron chi connectivity index (χ0n) is 11.9. The van der Waals surface area contributed by atoms with Gasteiger partial charge in [0.15, 0.2) is 0 Å². The van der Waals surface area contributed by atoms with Crippen LogP contribution in [-0.4, -0.2) is 15.7 Å². The first-order valence-electron chi connectivity index (χ1n) is 6.67. The number of anilines is 1. The van der Waals surface area contributed by atoms with E-state index in [1.165, 1.54) is 16.8 Å². The van der Waals surface area contributed by atoms with E-state index in [1.807, 2.05) is 32.0 Å². The molecule has 0 saturated heterocycles. The van der Waals surface area contributed by atoms with Crippen molar-refractivity contribution < 1.29 is 4.79 Å². The third-order valence-electron chi connectivity index (χ3n) is 2.96. The van der Waals surface area contributed by atoms with Crippen LogP contribution in [0, 0.1) is 6.92 Å². The molecule has 6 heteroatoms. The molecule has 0 spiro atoms. The fraction of sp³-hybridized carbons (Fsp3) is 0.267. The molecule has 110 valence electrons. The third-order valence-corrected chi connectivity index (χ3v) is 3.82. The van der Waals surface area contributed by atoms with E-state index in [-0.39, 0.29) is 17.2 Å². The van der Waals surface area contributed by atoms with Crippen molar-refractivity contribution in [2.45, 2.75) is 26.8 Å². The zero-order chi connectivity index (χ0) is 15.4. The minimum Gasteiger partial charge on any atom is -0.321 e. The van der Waals surface area contributed by atoms with Gasteiger partial charge in [0, 0.05) is 22.8 Å². The monoisotopic (exact) mass is 349 g/mol. The van der Waals surface area contributed by atoms with Crippen molar-refractivity contribution in [3.63, 3.8) is 0 Å². The number of aromatic nitrogens is 2. The first-order valence-corrected chi connectivity index (χ1v) is 7.46. The molecule has 1 aromatic carbocycles. The van der Waals surface area contributed by atoms with Crippen molar-refractivity contribution in [3.8, 4) is 0 Å². The summed E-state index contributed by atoms with van der Waals surface area (Å²) in [6.45, 7) is 4.42. The van der Waals surface area contributed by atoms with Gasteiger partial charge in [-0.1, -0.05) is 28.9 Å². The van der Waals surface area contributed by atoms with Gasteiger partial charge in [0.25, 0.3) is 11.5 Å². The lowest BCUT2D eigenvalue weighted by Crippen LogP contribution is -2.26. The molecule has 0 atom stereocenters. The molecule has 21 heavy (non-hydrogen) atoms. The number of hydrogen-bond donors (Lipinski definition) is 1. The number of aryl methyl sites for hydroxylation is 2. The summed E-state index contributed by atoms with van der Waals surface area (Å²) < 4.78 is 2.23. The van der Waals surface area contributed by atoms with E-state index in [0.29, 0.717) is 12.2 Å². The van der Waals surface area contributed by atoms with Crippen molar-refractivity contribution >= 4 is 27.5 Å². The van der Waals surface area contributed by atoms with Crippen LogP contribution in [-0.2, 0) is 6.54 Å². The summed E-state index contributed by atoms with van der Waals surface area (Å²) in [6.07, 6.45) is 0.781. The fourth-order valence-corrected chi connectivity index (χ4v) is 2.19. The lowest BCUT2D eigenvalue weighted by atomic mass is 10.2. The molecule has 0 radical (unpaired) electrons. The van der Waals surface area contributed by atoms with Gasteiger partial charge in [-0.15, -0.1) is 0 Å². The number of benzene rings is 1. The Morgan fingerprint density at radius 3 is 2.76 bits per heavy atom. The molecule has 1 amide bonds. The van der Waals surface area contributed by atoms with Crippen molar-refractivity contribution in [1.82, 2.24) is 9.78 Å². The summed E-state index contributed by atoms with van der Waals surface area (Å²) in [6, 6.07) is 8.36. The van der Waals surface area contributed by atoms with Crippen LogP contribution in [0.3, 0.4) is 0 Å². The van der Waals surface area contributed by atoms with Crippen LogP contribution in [0.15, 0.2) is 39.6 Å². The van der Waals surface area contributed by atoms with E-state index < -0.39 is 0 Å². The number of carbonyl (C=O) groups is 1. The third kappa shape index (κ3) is 3.78. The molecular formula is C15H16BrN3O2. The second kappa shape index (κ2) is 6.67. The average Bonchev–Trinajstić information content (AvgIpc) is 2.45. The summed E-state index contributed by atoms with van der Waals surface area (Å²) in [7, 11) is 0. The van der Waals surface area contributed by atoms with Crippen LogP contribution in [0.1, 0.15) is 29.4 Å². The van der Waals surface area contributed by atoms with Gasteiger partial charge in [-0.3, -0.25) is 9.59 Å². The quantitative estimate of drug-likeness (QED) is 0.922. The van der Waals surface area contributed by atoms with Gasteiger partial charge in [-0.2, -0.15) is 5.10 Å². The van der Waals surface area contributed by atoms with Gasteiger partial charge >= 0.3 is 0 Å². The van der Waals surface area contributed by atoms with Gasteiger partial charge in [-0.05, 0) is 37.1 Å². The Kier molecular flexibility index (Phi) is 4.90. The molecule has 1 heterocycles. The molecule has 0 unspecified atom stereocenters. The minimum absolute atomic E-state index is 0.202. The molecular weight excluding hydrogens is 334 g/mol. The predicted octanol–water partition coefficient (Wildman–Crippen LogP) is 2.98. The summed E-state index contributed by atoms with van der Waals surface area (Å²) in [4.78, 5) is 23.8. The summed E-state index contributed by atoms with van der Waals surface area (Å²) in [5.74, 6) is -0.337. The largest absolute Gasteiger partial charge is 0.321 e. The second-order valence-corrected chi connectivity index (χ2v) is 5.55. The molecule has 0 aliphatic carbocycles. The topological polar surface area (TPSA) is 64.0 Å². The Morgan fingerprint density at radius 1 is 1.33 bits per heavy atom. The first kappa shape index (κ1) is 15.4. The van der Waals surface area contributed by atoms with Crippen LogP contribution in [0.2, 0.25) is 0 Å². The van der Waals surface area contributed by atoms with E-state index in [9.17, 15) is 9.59 Å². The molecule has 2 aromatic rings. The molecule has 1 aromatic heterocycles. The Hall–Kier alpha value is -1.95. The van der Waals surface area contributed by atoms with E-state index in [1.54, 1.807) is 0 Å². The second-order valence-electron chi connectivity index (χ2n) is 4.70. The van der Waals surface area contributed by atoms with Crippen LogP contribution >= 0.6 is 15.9 Å². The SMILES string of the molecule is CCCn1nc(C(=O)Nc2ccc(C)c(Br)c2)ccc1=O. The van der Waals surface area contributed by atoms with E-state index in [2.05, 4.69) is 26.3 Å². The Balaban J connectivity index is 2.21. The minimum atomic E-state index is -0.337. The molecule has 0 aliphatic rings. The standard InChI is InChI=1S/C15H16BrN3O2/c1-3-8-19-14(20)7-6-13(18-19)15(21)17-11-5-4-10(2)12(16)9-11/h4-7,9H,3,8H2,1-2H3,(H,17,21). The van der Waals surface area contributed by atoms with E-state index in [4.69, 9.17) is 0 Å². The van der Waals surface area contributed by atoms with Crippen molar-refractivity contribution in [2.75, 3.05) is 5.32 Å². The Bertz CT molecular complexity index is 725. The highest BCUT2D eigenvalue weighted by Crippen LogP contribution is 2.20. The number of halogens is 1. The molecule has 5 nitrogen and oxygen atoms in total. The van der Waals surface area contributed by atoms with Gasteiger partial charge in [0.05, 0.1) is 0 Å². The molecule has 0 bridgehead atoms. The summed E-state index contributed by atoms with van der Waals surface area (Å²) in [5, 5.41) is 6.85. The number of hydrogen-bond acceptors (Lipinski definition) is 3. The lowest BCUT2D eigenvalue weighted by molar-refractivity contribution is 0.102. The number of rotatable bonds is 4. The molecule has 0 saturated carbocycles. The number of nitrogens with zero attached hydrogens (tertiary/aromatic N) is 2. The van der Waals surface area contributed by atoms with Crippen molar-refractivity contribution in [3.05, 3.63) is 56.4 Å². The maximum atomic E-state index is 12.2. The van der Waals surface area contributed by atoms with Crippen LogP contribution in [0.4, 0.5) is 5.69 Å². The van der Waals surface area contributed by atoms with Crippen LogP contribution in [0.25, 0.3) is 0 Å². The smallest absolute Gasteiger partial charge is 0.276 e. The molecule has 0 fully saturated rings. The first-order chi connectivity index (χ1) is 10.0. The highest BCUT2D eigenvalue weighted by atomic mass is 79.9. The normalized spacial score (nSPS) is 10.4. The van der Waals surface area contributed by atoms with Gasteiger partial charge in [0.1, 0.15) is 5.69 Å². The van der Waals surface area contributed by atoms with E-state index >= 15 is 0 Å². The number of carbonyl (C=O) groups excluding carboxylic acids is 1. The fourth-order valence-electron chi connectivity index (χ4n) is 1.81. The zero-order valence-corrected chi connectivity index (χ0v) is 13.5. The molecule has 0 aliphatic heterocycles. The highest BCUT2D eigenvalue weighted by Gasteiger charge is 2.10. The maximum Gasteiger partial charge on any atom is 0.276 e. The van der Waals surface area contributed by atoms with Gasteiger partial charge in [-0.25, -0.2) is 4.68 Å². The number of amides is 1. The van der Waals surface area contributed by atoms with E-state index in [0.717, 1.165) is 16.5 Å². The molecule has 2 rings (SSSR count). The number of nitrogens with one attached hydrogen (secondary N) is 1. The summed E-state index contributed by atoms with van der Waals surface area (Å²) in [5.41, 5.74) is 1.78. The highest BCUT2D eigenvalue weighted by molar-refractivity contribution is 9.10.